The van der Waals surface area contributed by atoms with Gasteiger partial charge in [0.2, 0.25) is 0 Å². The second-order valence-electron chi connectivity index (χ2n) is 7.61. The summed E-state index contributed by atoms with van der Waals surface area (Å²) in [5, 5.41) is 0.762. The molecule has 0 N–H and O–H groups in total. The summed E-state index contributed by atoms with van der Waals surface area (Å²) in [5.41, 5.74) is 3.68. The topological polar surface area (TPSA) is 6.48 Å². The number of hydrogen-bond donors (Lipinski definition) is 0. The van der Waals surface area contributed by atoms with E-state index in [1.807, 2.05) is 12.1 Å². The minimum atomic E-state index is -0.379. The number of halogens is 4. The Morgan fingerprint density at radius 1 is 0.867 bits per heavy atom. The SMILES string of the molecule is Cc1ccccc1CN1CCN(Cc2c(F)cccc2Cl)[C@H]1c1ccc(F)cc1Cl. The van der Waals surface area contributed by atoms with Crippen molar-refractivity contribution in [2.45, 2.75) is 26.2 Å². The lowest BCUT2D eigenvalue weighted by Gasteiger charge is -2.32. The monoisotopic (exact) mass is 446 g/mol. The molecule has 1 aliphatic heterocycles. The molecule has 4 rings (SSSR count). The summed E-state index contributed by atoms with van der Waals surface area (Å²) in [6.07, 6.45) is -0.214. The summed E-state index contributed by atoms with van der Waals surface area (Å²) in [7, 11) is 0. The molecule has 0 unspecified atom stereocenters. The zero-order valence-corrected chi connectivity index (χ0v) is 18.1. The van der Waals surface area contributed by atoms with Crippen LogP contribution >= 0.6 is 23.2 Å². The van der Waals surface area contributed by atoms with E-state index in [-0.39, 0.29) is 17.8 Å². The Balaban J connectivity index is 1.70. The van der Waals surface area contributed by atoms with Crippen molar-refractivity contribution in [2.24, 2.45) is 0 Å². The fourth-order valence-corrected chi connectivity index (χ4v) is 4.55. The van der Waals surface area contributed by atoms with Gasteiger partial charge in [0.05, 0.1) is 6.17 Å². The number of aryl methyl sites for hydroxylation is 1. The van der Waals surface area contributed by atoms with Crippen molar-refractivity contribution in [2.75, 3.05) is 13.1 Å². The number of benzene rings is 3. The quantitative estimate of drug-likeness (QED) is 0.435. The molecular formula is C24H22Cl2F2N2. The first-order valence-corrected chi connectivity index (χ1v) is 10.6. The van der Waals surface area contributed by atoms with Gasteiger partial charge in [-0.25, -0.2) is 8.78 Å². The van der Waals surface area contributed by atoms with Crippen LogP contribution in [0.2, 0.25) is 10.0 Å². The highest BCUT2D eigenvalue weighted by atomic mass is 35.5. The van der Waals surface area contributed by atoms with Gasteiger partial charge in [0.1, 0.15) is 11.6 Å². The van der Waals surface area contributed by atoms with Crippen LogP contribution in [0.4, 0.5) is 8.78 Å². The zero-order chi connectivity index (χ0) is 21.3. The molecule has 0 aromatic heterocycles. The Morgan fingerprint density at radius 2 is 1.60 bits per heavy atom. The van der Waals surface area contributed by atoms with Gasteiger partial charge in [-0.2, -0.15) is 0 Å². The lowest BCUT2D eigenvalue weighted by molar-refractivity contribution is 0.124. The fraction of sp³-hybridized carbons (Fsp3) is 0.250. The van der Waals surface area contributed by atoms with Crippen molar-refractivity contribution >= 4 is 23.2 Å². The summed E-state index contributed by atoms with van der Waals surface area (Å²) in [6.45, 7) is 4.64. The normalized spacial score (nSPS) is 17.6. The summed E-state index contributed by atoms with van der Waals surface area (Å²) in [5.74, 6) is -0.709. The van der Waals surface area contributed by atoms with Crippen LogP contribution in [-0.2, 0) is 13.1 Å². The molecule has 1 aliphatic rings. The van der Waals surface area contributed by atoms with Crippen molar-refractivity contribution in [3.05, 3.63) is 105 Å². The van der Waals surface area contributed by atoms with Crippen LogP contribution < -0.4 is 0 Å². The van der Waals surface area contributed by atoms with Crippen LogP contribution in [-0.4, -0.2) is 22.9 Å². The Bertz CT molecular complexity index is 1040. The third-order valence-electron chi connectivity index (χ3n) is 5.66. The fourth-order valence-electron chi connectivity index (χ4n) is 4.06. The van der Waals surface area contributed by atoms with Crippen LogP contribution in [0.1, 0.15) is 28.4 Å². The van der Waals surface area contributed by atoms with E-state index < -0.39 is 0 Å². The largest absolute Gasteiger partial charge is 0.278 e. The van der Waals surface area contributed by atoms with Crippen LogP contribution in [0.3, 0.4) is 0 Å². The maximum atomic E-state index is 14.5. The van der Waals surface area contributed by atoms with E-state index in [4.69, 9.17) is 23.2 Å². The lowest BCUT2D eigenvalue weighted by Crippen LogP contribution is -2.31. The van der Waals surface area contributed by atoms with E-state index in [1.165, 1.54) is 29.3 Å². The first-order valence-electron chi connectivity index (χ1n) is 9.84. The zero-order valence-electron chi connectivity index (χ0n) is 16.6. The average molecular weight is 447 g/mol. The average Bonchev–Trinajstić information content (AvgIpc) is 3.09. The van der Waals surface area contributed by atoms with Crippen molar-refractivity contribution in [1.82, 2.24) is 9.80 Å². The minimum absolute atomic E-state index is 0.214. The van der Waals surface area contributed by atoms with Crippen molar-refractivity contribution in [3.8, 4) is 0 Å². The van der Waals surface area contributed by atoms with Crippen LogP contribution in [0.25, 0.3) is 0 Å². The Labute approximate surface area is 185 Å². The standard InChI is InChI=1S/C24H22Cl2F2N2/c1-16-5-2-3-6-17(16)14-29-11-12-30(15-20-21(25)7-4-8-23(20)28)24(29)19-10-9-18(27)13-22(19)26/h2-10,13,24H,11-12,14-15H2,1H3/t24-/m0/s1. The predicted molar refractivity (Wildman–Crippen MR) is 118 cm³/mol. The molecule has 2 nitrogen and oxygen atoms in total. The molecule has 6 heteroatoms. The Kier molecular flexibility index (Phi) is 6.40. The van der Waals surface area contributed by atoms with Gasteiger partial charge in [-0.1, -0.05) is 59.6 Å². The summed E-state index contributed by atoms with van der Waals surface area (Å²) < 4.78 is 28.2. The second-order valence-corrected chi connectivity index (χ2v) is 8.42. The summed E-state index contributed by atoms with van der Waals surface area (Å²) in [6, 6.07) is 17.4. The molecule has 1 heterocycles. The summed E-state index contributed by atoms with van der Waals surface area (Å²) >= 11 is 12.7. The van der Waals surface area contributed by atoms with Gasteiger partial charge in [-0.3, -0.25) is 9.80 Å². The van der Waals surface area contributed by atoms with Gasteiger partial charge >= 0.3 is 0 Å². The van der Waals surface area contributed by atoms with E-state index in [9.17, 15) is 8.78 Å². The third kappa shape index (κ3) is 4.37. The van der Waals surface area contributed by atoms with Crippen LogP contribution in [0.5, 0.6) is 0 Å². The summed E-state index contributed by atoms with van der Waals surface area (Å²) in [4.78, 5) is 4.43. The highest BCUT2D eigenvalue weighted by Crippen LogP contribution is 2.37. The number of rotatable bonds is 5. The van der Waals surface area contributed by atoms with Crippen molar-refractivity contribution in [3.63, 3.8) is 0 Å². The van der Waals surface area contributed by atoms with Crippen molar-refractivity contribution in [1.29, 1.82) is 0 Å². The second kappa shape index (κ2) is 9.03. The van der Waals surface area contributed by atoms with Gasteiger partial charge in [-0.05, 0) is 42.3 Å². The van der Waals surface area contributed by atoms with Crippen LogP contribution in [0, 0.1) is 18.6 Å². The van der Waals surface area contributed by atoms with E-state index in [0.717, 1.165) is 18.7 Å². The molecule has 0 saturated carbocycles. The van der Waals surface area contributed by atoms with Gasteiger partial charge in [-0.15, -0.1) is 0 Å². The molecule has 0 radical (unpaired) electrons. The molecule has 0 spiro atoms. The van der Waals surface area contributed by atoms with Crippen LogP contribution in [0.15, 0.2) is 60.7 Å². The molecular weight excluding hydrogens is 425 g/mol. The van der Waals surface area contributed by atoms with Gasteiger partial charge < -0.3 is 0 Å². The molecule has 1 fully saturated rings. The van der Waals surface area contributed by atoms with Crippen molar-refractivity contribution < 1.29 is 8.78 Å². The number of hydrogen-bond acceptors (Lipinski definition) is 2. The Morgan fingerprint density at radius 3 is 2.30 bits per heavy atom. The number of nitrogens with zero attached hydrogens (tertiary/aromatic N) is 2. The molecule has 156 valence electrons. The molecule has 3 aromatic carbocycles. The third-order valence-corrected chi connectivity index (χ3v) is 6.35. The smallest absolute Gasteiger partial charge is 0.129 e. The van der Waals surface area contributed by atoms with E-state index in [1.54, 1.807) is 18.2 Å². The molecule has 1 saturated heterocycles. The molecule has 30 heavy (non-hydrogen) atoms. The molecule has 0 aliphatic carbocycles. The van der Waals surface area contributed by atoms with E-state index in [2.05, 4.69) is 28.9 Å². The minimum Gasteiger partial charge on any atom is -0.278 e. The van der Waals surface area contributed by atoms with Gasteiger partial charge in [0.25, 0.3) is 0 Å². The van der Waals surface area contributed by atoms with E-state index >= 15 is 0 Å². The molecule has 0 bridgehead atoms. The predicted octanol–water partition coefficient (Wildman–Crippen LogP) is 6.60. The van der Waals surface area contributed by atoms with Gasteiger partial charge in [0.15, 0.2) is 0 Å². The highest BCUT2D eigenvalue weighted by molar-refractivity contribution is 6.31. The Hall–Kier alpha value is -1.98. The highest BCUT2D eigenvalue weighted by Gasteiger charge is 2.35. The first-order chi connectivity index (χ1) is 14.4. The maximum absolute atomic E-state index is 14.5. The van der Waals surface area contributed by atoms with E-state index in [0.29, 0.717) is 28.7 Å². The lowest BCUT2D eigenvalue weighted by atomic mass is 10.1. The molecule has 3 aromatic rings. The first kappa shape index (κ1) is 21.3. The van der Waals surface area contributed by atoms with Gasteiger partial charge in [0, 0.05) is 47.4 Å². The molecule has 0 amide bonds. The maximum Gasteiger partial charge on any atom is 0.129 e. The molecule has 1 atom stereocenters.